The van der Waals surface area contributed by atoms with Crippen LogP contribution in [-0.4, -0.2) is 10.5 Å². The number of halogens is 1. The van der Waals surface area contributed by atoms with E-state index in [1.165, 1.54) is 0 Å². The zero-order valence-corrected chi connectivity index (χ0v) is 18.5. The van der Waals surface area contributed by atoms with Gasteiger partial charge in [0.05, 0.1) is 12.2 Å². The van der Waals surface area contributed by atoms with Gasteiger partial charge in [0, 0.05) is 34.0 Å². The molecule has 0 bridgehead atoms. The molecule has 3 heterocycles. The molecule has 0 radical (unpaired) electrons. The van der Waals surface area contributed by atoms with Gasteiger partial charge in [-0.15, -0.1) is 0 Å². The summed E-state index contributed by atoms with van der Waals surface area (Å²) >= 11 is 6.14. The number of carbonyl (C=O) groups excluding carboxylic acids is 1. The molecule has 0 spiro atoms. The molecular formula is C26H23ClN2O3. The Kier molecular flexibility index (Phi) is 5.50. The van der Waals surface area contributed by atoms with Crippen LogP contribution in [0.5, 0.6) is 5.75 Å². The summed E-state index contributed by atoms with van der Waals surface area (Å²) < 4.78 is 13.7. The monoisotopic (exact) mass is 446 g/mol. The fourth-order valence-electron chi connectivity index (χ4n) is 4.13. The lowest BCUT2D eigenvalue weighted by Crippen LogP contribution is -2.23. The van der Waals surface area contributed by atoms with E-state index in [-0.39, 0.29) is 5.91 Å². The van der Waals surface area contributed by atoms with Gasteiger partial charge in [0.15, 0.2) is 0 Å². The number of fused-ring (bicyclic) bond motifs is 3. The van der Waals surface area contributed by atoms with E-state index in [1.54, 1.807) is 0 Å². The van der Waals surface area contributed by atoms with Crippen molar-refractivity contribution in [3.8, 4) is 22.7 Å². The molecule has 5 nitrogen and oxygen atoms in total. The third-order valence-electron chi connectivity index (χ3n) is 5.63. The fraction of sp³-hybridized carbons (Fsp3) is 0.192. The maximum Gasteiger partial charge on any atom is 0.220 e. The second kappa shape index (κ2) is 8.60. The van der Waals surface area contributed by atoms with Crippen LogP contribution in [0.15, 0.2) is 71.1 Å². The first-order chi connectivity index (χ1) is 15.6. The number of aromatic nitrogens is 1. The zero-order valence-electron chi connectivity index (χ0n) is 17.7. The SMILES string of the molecule is Cc1ccc(CNC(=O)CCc2cc3c(n2-c2ccc(Cl)cc2)-c2ccccc2OC3)o1. The quantitative estimate of drug-likeness (QED) is 0.404. The van der Waals surface area contributed by atoms with Crippen LogP contribution in [0.4, 0.5) is 0 Å². The highest BCUT2D eigenvalue weighted by atomic mass is 35.5. The minimum Gasteiger partial charge on any atom is -0.488 e. The van der Waals surface area contributed by atoms with Gasteiger partial charge >= 0.3 is 0 Å². The number of amides is 1. The van der Waals surface area contributed by atoms with E-state index >= 15 is 0 Å². The summed E-state index contributed by atoms with van der Waals surface area (Å²) in [6.07, 6.45) is 0.972. The second-order valence-corrected chi connectivity index (χ2v) is 8.33. The smallest absolute Gasteiger partial charge is 0.220 e. The molecule has 5 rings (SSSR count). The summed E-state index contributed by atoms with van der Waals surface area (Å²) in [6, 6.07) is 21.7. The highest BCUT2D eigenvalue weighted by molar-refractivity contribution is 6.30. The van der Waals surface area contributed by atoms with E-state index in [9.17, 15) is 4.79 Å². The predicted molar refractivity (Wildman–Crippen MR) is 124 cm³/mol. The number of para-hydroxylation sites is 1. The van der Waals surface area contributed by atoms with E-state index in [4.69, 9.17) is 20.8 Å². The number of hydrogen-bond donors (Lipinski definition) is 1. The van der Waals surface area contributed by atoms with Crippen molar-refractivity contribution >= 4 is 17.5 Å². The van der Waals surface area contributed by atoms with Crippen LogP contribution in [0.2, 0.25) is 5.02 Å². The number of carbonyl (C=O) groups is 1. The van der Waals surface area contributed by atoms with Crippen molar-refractivity contribution in [1.82, 2.24) is 9.88 Å². The minimum atomic E-state index is -0.0162. The summed E-state index contributed by atoms with van der Waals surface area (Å²) in [5, 5.41) is 3.63. The largest absolute Gasteiger partial charge is 0.488 e. The number of ether oxygens (including phenoxy) is 1. The van der Waals surface area contributed by atoms with Gasteiger partial charge in [0.25, 0.3) is 0 Å². The van der Waals surface area contributed by atoms with Crippen molar-refractivity contribution in [3.05, 3.63) is 94.5 Å². The lowest BCUT2D eigenvalue weighted by atomic mass is 10.0. The van der Waals surface area contributed by atoms with Crippen molar-refractivity contribution < 1.29 is 13.9 Å². The van der Waals surface area contributed by atoms with Gasteiger partial charge < -0.3 is 19.0 Å². The van der Waals surface area contributed by atoms with Crippen LogP contribution in [0.3, 0.4) is 0 Å². The Balaban J connectivity index is 1.43. The Hall–Kier alpha value is -3.44. The van der Waals surface area contributed by atoms with Gasteiger partial charge in [0.1, 0.15) is 23.9 Å². The lowest BCUT2D eigenvalue weighted by Gasteiger charge is -2.21. The molecule has 0 saturated heterocycles. The van der Waals surface area contributed by atoms with Crippen LogP contribution in [0.25, 0.3) is 16.9 Å². The number of nitrogens with one attached hydrogen (secondary N) is 1. The van der Waals surface area contributed by atoms with Crippen LogP contribution < -0.4 is 10.1 Å². The third-order valence-corrected chi connectivity index (χ3v) is 5.88. The second-order valence-electron chi connectivity index (χ2n) is 7.90. The first-order valence-corrected chi connectivity index (χ1v) is 11.0. The van der Waals surface area contributed by atoms with Crippen LogP contribution in [-0.2, 0) is 24.4 Å². The van der Waals surface area contributed by atoms with Crippen molar-refractivity contribution in [2.75, 3.05) is 0 Å². The standard InChI is InChI=1S/C26H23ClN2O3/c1-17-6-12-22(32-17)15-28-25(30)13-11-21-14-18-16-31-24-5-3-2-4-23(24)26(18)29(21)20-9-7-19(27)8-10-20/h2-10,12,14H,11,13,15-16H2,1H3,(H,28,30). The summed E-state index contributed by atoms with van der Waals surface area (Å²) in [5.41, 5.74) is 5.33. The van der Waals surface area contributed by atoms with Crippen molar-refractivity contribution in [1.29, 1.82) is 0 Å². The Labute approximate surface area is 191 Å². The average molecular weight is 447 g/mol. The molecule has 2 aromatic carbocycles. The first-order valence-electron chi connectivity index (χ1n) is 10.6. The van der Waals surface area contributed by atoms with E-state index < -0.39 is 0 Å². The van der Waals surface area contributed by atoms with Crippen molar-refractivity contribution in [2.45, 2.75) is 32.9 Å². The van der Waals surface area contributed by atoms with Crippen LogP contribution in [0, 0.1) is 6.92 Å². The lowest BCUT2D eigenvalue weighted by molar-refractivity contribution is -0.121. The maximum atomic E-state index is 12.5. The summed E-state index contributed by atoms with van der Waals surface area (Å²) in [4.78, 5) is 12.5. The van der Waals surface area contributed by atoms with E-state index in [0.717, 1.165) is 45.5 Å². The number of hydrogen-bond acceptors (Lipinski definition) is 3. The van der Waals surface area contributed by atoms with Gasteiger partial charge in [-0.1, -0.05) is 23.7 Å². The molecule has 162 valence electrons. The molecule has 1 aliphatic rings. The van der Waals surface area contributed by atoms with E-state index in [1.807, 2.05) is 61.5 Å². The summed E-state index contributed by atoms with van der Waals surface area (Å²) in [6.45, 7) is 2.78. The highest BCUT2D eigenvalue weighted by Crippen LogP contribution is 2.41. The number of furan rings is 1. The molecular weight excluding hydrogens is 424 g/mol. The minimum absolute atomic E-state index is 0.0162. The fourth-order valence-corrected chi connectivity index (χ4v) is 4.26. The van der Waals surface area contributed by atoms with Gasteiger partial charge in [-0.2, -0.15) is 0 Å². The van der Waals surface area contributed by atoms with Crippen LogP contribution in [0.1, 0.15) is 29.2 Å². The third kappa shape index (κ3) is 4.04. The molecule has 6 heteroatoms. The van der Waals surface area contributed by atoms with Gasteiger partial charge in [-0.25, -0.2) is 0 Å². The molecule has 1 N–H and O–H groups in total. The van der Waals surface area contributed by atoms with Crippen molar-refractivity contribution in [3.63, 3.8) is 0 Å². The Bertz CT molecular complexity index is 1270. The number of aryl methyl sites for hydroxylation is 2. The number of nitrogens with zero attached hydrogens (tertiary/aromatic N) is 1. The maximum absolute atomic E-state index is 12.5. The first kappa shape index (κ1) is 20.5. The molecule has 2 aromatic heterocycles. The van der Waals surface area contributed by atoms with Gasteiger partial charge in [-0.3, -0.25) is 4.79 Å². The molecule has 0 aliphatic carbocycles. The topological polar surface area (TPSA) is 56.4 Å². The van der Waals surface area contributed by atoms with E-state index in [0.29, 0.717) is 31.0 Å². The summed E-state index contributed by atoms with van der Waals surface area (Å²) in [5.74, 6) is 2.44. The Morgan fingerprint density at radius 2 is 1.91 bits per heavy atom. The molecule has 0 unspecified atom stereocenters. The Morgan fingerprint density at radius 3 is 2.69 bits per heavy atom. The molecule has 1 amide bonds. The predicted octanol–water partition coefficient (Wildman–Crippen LogP) is 5.84. The molecule has 0 atom stereocenters. The van der Waals surface area contributed by atoms with Crippen molar-refractivity contribution in [2.24, 2.45) is 0 Å². The summed E-state index contributed by atoms with van der Waals surface area (Å²) in [7, 11) is 0. The molecule has 1 aliphatic heterocycles. The average Bonchev–Trinajstić information content (AvgIpc) is 3.40. The van der Waals surface area contributed by atoms with Crippen LogP contribution >= 0.6 is 11.6 Å². The number of benzene rings is 2. The molecule has 0 saturated carbocycles. The molecule has 4 aromatic rings. The molecule has 0 fully saturated rings. The van der Waals surface area contributed by atoms with E-state index in [2.05, 4.69) is 22.0 Å². The zero-order chi connectivity index (χ0) is 22.1. The molecule has 32 heavy (non-hydrogen) atoms. The van der Waals surface area contributed by atoms with Gasteiger partial charge in [-0.05, 0) is 67.9 Å². The normalized spacial score (nSPS) is 12.1. The highest BCUT2D eigenvalue weighted by Gasteiger charge is 2.24. The van der Waals surface area contributed by atoms with Gasteiger partial charge in [0.2, 0.25) is 5.91 Å². The Morgan fingerprint density at radius 1 is 1.09 bits per heavy atom. The number of rotatable bonds is 6.